The smallest absolute Gasteiger partial charge is 0.229 e. The zero-order valence-electron chi connectivity index (χ0n) is 39.9. The fourth-order valence-corrected chi connectivity index (χ4v) is 9.38. The molecule has 2 heterocycles. The van der Waals surface area contributed by atoms with E-state index in [1.165, 1.54) is 18.0 Å². The maximum absolute atomic E-state index is 12.8. The first kappa shape index (κ1) is 53.2. The van der Waals surface area contributed by atoms with Crippen LogP contribution in [0.3, 0.4) is 0 Å². The van der Waals surface area contributed by atoms with Gasteiger partial charge in [0.2, 0.25) is 11.9 Å². The summed E-state index contributed by atoms with van der Waals surface area (Å²) in [6, 6.07) is 21.2. The minimum atomic E-state index is -3.51. The lowest BCUT2D eigenvalue weighted by Crippen LogP contribution is -2.16. The Kier molecular flexibility index (Phi) is 18.4. The molecule has 0 aliphatic rings. The monoisotopic (exact) mass is 1010 g/mol. The van der Waals surface area contributed by atoms with Gasteiger partial charge in [-0.1, -0.05) is 47.5 Å². The molecule has 0 bridgehead atoms. The number of nitrogens with two attached hydrogens (primary N) is 1. The third kappa shape index (κ3) is 13.3. The molecule has 0 amide bonds. The van der Waals surface area contributed by atoms with E-state index in [0.717, 1.165) is 41.8 Å². The van der Waals surface area contributed by atoms with E-state index in [4.69, 9.17) is 38.4 Å². The number of anilines is 8. The second-order valence-corrected chi connectivity index (χ2v) is 22.3. The maximum Gasteiger partial charge on any atom is 0.229 e. The molecule has 0 spiro atoms. The SMILES string of the molecule is COc1cc(CCN(C)C)c(C)cc1Nc1ncc(Cl)c(Nc2ccccc2S(=O)(=O)C(C)C)n1.COc1cc(CCN)c(C)cc1Nc1ncc(Cl)c(Nc2ccccc2S(=O)(=O)C(C)C)n1. The fraction of sp³-hybridized carbons (Fsp3) is 0.333. The minimum Gasteiger partial charge on any atom is -0.495 e. The zero-order chi connectivity index (χ0) is 49.9. The lowest BCUT2D eigenvalue weighted by molar-refractivity contribution is 0.407. The van der Waals surface area contributed by atoms with Crippen molar-refractivity contribution in [3.8, 4) is 11.5 Å². The zero-order valence-corrected chi connectivity index (χ0v) is 43.0. The second kappa shape index (κ2) is 23.5. The second-order valence-electron chi connectivity index (χ2n) is 16.5. The Morgan fingerprint density at radius 1 is 0.618 bits per heavy atom. The predicted molar refractivity (Wildman–Crippen MR) is 275 cm³/mol. The lowest BCUT2D eigenvalue weighted by atomic mass is 10.0. The molecule has 68 heavy (non-hydrogen) atoms. The summed E-state index contributed by atoms with van der Waals surface area (Å²) in [6.45, 7) is 12.1. The van der Waals surface area contributed by atoms with Gasteiger partial charge in [0.1, 0.15) is 21.5 Å². The maximum atomic E-state index is 12.8. The number of hydrogen-bond acceptors (Lipinski definition) is 16. The van der Waals surface area contributed by atoms with Crippen molar-refractivity contribution in [2.24, 2.45) is 5.73 Å². The van der Waals surface area contributed by atoms with Crippen LogP contribution < -0.4 is 36.5 Å². The number of sulfone groups is 2. The predicted octanol–water partition coefficient (Wildman–Crippen LogP) is 9.84. The number of rotatable bonds is 19. The molecular formula is C48H60Cl2N10O6S2. The molecule has 4 aromatic carbocycles. The van der Waals surface area contributed by atoms with Gasteiger partial charge < -0.3 is 41.4 Å². The summed E-state index contributed by atoms with van der Waals surface area (Å²) >= 11 is 12.7. The summed E-state index contributed by atoms with van der Waals surface area (Å²) in [5.74, 6) is 2.43. The Labute approximate surface area is 410 Å². The number of aryl methyl sites for hydroxylation is 2. The molecule has 0 aliphatic carbocycles. The number of halogens is 2. The Balaban J connectivity index is 0.000000255. The summed E-state index contributed by atoms with van der Waals surface area (Å²) in [4.78, 5) is 20.0. The van der Waals surface area contributed by atoms with E-state index >= 15 is 0 Å². The summed E-state index contributed by atoms with van der Waals surface area (Å²) in [5.41, 5.74) is 12.4. The minimum absolute atomic E-state index is 0.178. The lowest BCUT2D eigenvalue weighted by Gasteiger charge is -2.17. The number of methoxy groups -OCH3 is 2. The third-order valence-corrected chi connectivity index (χ3v) is 15.6. The first-order valence-electron chi connectivity index (χ1n) is 21.7. The van der Waals surface area contributed by atoms with Crippen LogP contribution in [0.15, 0.2) is 95.0 Å². The van der Waals surface area contributed by atoms with Crippen LogP contribution in [0, 0.1) is 13.8 Å². The van der Waals surface area contributed by atoms with Gasteiger partial charge in [0, 0.05) is 6.54 Å². The van der Waals surface area contributed by atoms with E-state index in [9.17, 15) is 16.8 Å². The number of likely N-dealkylation sites (N-methyl/N-ethyl adjacent to an activating group) is 1. The normalized spacial score (nSPS) is 11.6. The van der Waals surface area contributed by atoms with E-state index in [-0.39, 0.29) is 37.4 Å². The fourth-order valence-electron chi connectivity index (χ4n) is 6.70. The molecule has 6 N–H and O–H groups in total. The van der Waals surface area contributed by atoms with Gasteiger partial charge in [-0.05, 0) is 146 Å². The van der Waals surface area contributed by atoms with Crippen molar-refractivity contribution in [2.45, 2.75) is 74.7 Å². The van der Waals surface area contributed by atoms with Crippen LogP contribution in [0.5, 0.6) is 11.5 Å². The quantitative estimate of drug-likeness (QED) is 0.0510. The number of ether oxygens (including phenoxy) is 2. The molecular weight excluding hydrogens is 948 g/mol. The van der Waals surface area contributed by atoms with Crippen molar-refractivity contribution in [2.75, 3.05) is 62.7 Å². The van der Waals surface area contributed by atoms with Crippen LogP contribution in [0.4, 0.5) is 46.3 Å². The first-order chi connectivity index (χ1) is 32.2. The molecule has 0 radical (unpaired) electrons. The van der Waals surface area contributed by atoms with Crippen molar-refractivity contribution in [1.82, 2.24) is 24.8 Å². The average molecular weight is 1010 g/mol. The van der Waals surface area contributed by atoms with Gasteiger partial charge in [-0.25, -0.2) is 26.8 Å². The highest BCUT2D eigenvalue weighted by Crippen LogP contribution is 2.35. The number of para-hydroxylation sites is 2. The Morgan fingerprint density at radius 2 is 1.01 bits per heavy atom. The highest BCUT2D eigenvalue weighted by molar-refractivity contribution is 7.92. The van der Waals surface area contributed by atoms with Gasteiger partial charge in [0.25, 0.3) is 0 Å². The van der Waals surface area contributed by atoms with Gasteiger partial charge in [0.15, 0.2) is 31.3 Å². The van der Waals surface area contributed by atoms with Crippen LogP contribution in [-0.2, 0) is 32.5 Å². The van der Waals surface area contributed by atoms with Crippen molar-refractivity contribution >= 4 is 89.2 Å². The summed E-state index contributed by atoms with van der Waals surface area (Å²) in [6.07, 6.45) is 4.55. The standard InChI is InChI=1S/C25H32ClN5O3S.C23H28ClN5O3S/c1-16(2)35(32,33)23-10-8-7-9-20(23)28-24-19(26)15-27-25(30-24)29-21-13-17(3)18(11-12-31(4)5)14-22(21)34-6;1-14(2)33(30,31)21-8-6-5-7-18(21)27-22-17(24)13-26-23(29-22)28-19-11-15(3)16(9-10-25)12-20(19)32-4/h7-10,13-16H,11-12H2,1-6H3,(H2,27,28,29,30);5-8,11-14H,9-10,25H2,1-4H3,(H2,26,27,28,29). The first-order valence-corrected chi connectivity index (χ1v) is 25.5. The molecule has 2 aromatic heterocycles. The molecule has 0 saturated heterocycles. The van der Waals surface area contributed by atoms with Crippen molar-refractivity contribution in [3.05, 3.63) is 117 Å². The molecule has 0 saturated carbocycles. The van der Waals surface area contributed by atoms with Crippen LogP contribution >= 0.6 is 23.2 Å². The van der Waals surface area contributed by atoms with E-state index in [2.05, 4.69) is 53.0 Å². The number of hydrogen-bond donors (Lipinski definition) is 5. The molecule has 0 fully saturated rings. The molecule has 364 valence electrons. The molecule has 0 unspecified atom stereocenters. The van der Waals surface area contributed by atoms with Gasteiger partial charge >= 0.3 is 0 Å². The largest absolute Gasteiger partial charge is 0.495 e. The highest BCUT2D eigenvalue weighted by Gasteiger charge is 2.25. The summed E-state index contributed by atoms with van der Waals surface area (Å²) < 4.78 is 62.3. The van der Waals surface area contributed by atoms with Crippen molar-refractivity contribution < 1.29 is 26.3 Å². The number of nitrogens with one attached hydrogen (secondary N) is 4. The molecule has 6 aromatic rings. The van der Waals surface area contributed by atoms with Gasteiger partial charge in [-0.15, -0.1) is 0 Å². The highest BCUT2D eigenvalue weighted by atomic mass is 35.5. The van der Waals surface area contributed by atoms with Gasteiger partial charge in [-0.2, -0.15) is 9.97 Å². The average Bonchev–Trinajstić information content (AvgIpc) is 3.29. The topological polar surface area (TPSA) is 216 Å². The Morgan fingerprint density at radius 3 is 1.38 bits per heavy atom. The van der Waals surface area contributed by atoms with Crippen molar-refractivity contribution in [1.29, 1.82) is 0 Å². The summed E-state index contributed by atoms with van der Waals surface area (Å²) in [7, 11) is 0.271. The third-order valence-electron chi connectivity index (χ3n) is 10.7. The molecule has 20 heteroatoms. The Bertz CT molecular complexity index is 2940. The Hall–Kier alpha value is -5.76. The van der Waals surface area contributed by atoms with E-state index < -0.39 is 30.2 Å². The molecule has 6 rings (SSSR count). The number of benzene rings is 4. The van der Waals surface area contributed by atoms with Crippen LogP contribution in [0.2, 0.25) is 10.0 Å². The summed E-state index contributed by atoms with van der Waals surface area (Å²) in [5, 5.41) is 11.8. The number of aromatic nitrogens is 4. The van der Waals surface area contributed by atoms with Crippen LogP contribution in [0.1, 0.15) is 49.9 Å². The van der Waals surface area contributed by atoms with Gasteiger partial charge in [-0.3, -0.25) is 0 Å². The molecule has 16 nitrogen and oxygen atoms in total. The number of nitrogens with zero attached hydrogens (tertiary/aromatic N) is 5. The molecule has 0 aliphatic heterocycles. The van der Waals surface area contributed by atoms with Crippen molar-refractivity contribution in [3.63, 3.8) is 0 Å². The van der Waals surface area contributed by atoms with E-state index in [0.29, 0.717) is 41.1 Å². The van der Waals surface area contributed by atoms with E-state index in [1.807, 2.05) is 45.3 Å². The van der Waals surface area contributed by atoms with Gasteiger partial charge in [0.05, 0.1) is 69.7 Å². The molecule has 0 atom stereocenters. The van der Waals surface area contributed by atoms with E-state index in [1.54, 1.807) is 90.4 Å². The van der Waals surface area contributed by atoms with Crippen LogP contribution in [0.25, 0.3) is 0 Å². The van der Waals surface area contributed by atoms with Crippen LogP contribution in [-0.4, -0.2) is 93.6 Å².